The lowest BCUT2D eigenvalue weighted by Gasteiger charge is -2.31. The van der Waals surface area contributed by atoms with Gasteiger partial charge in [0.2, 0.25) is 5.91 Å². The minimum atomic E-state index is 0.0603. The first-order valence-electron chi connectivity index (χ1n) is 8.01. The van der Waals surface area contributed by atoms with Gasteiger partial charge in [-0.25, -0.2) is 0 Å². The molecule has 2 rings (SSSR count). The summed E-state index contributed by atoms with van der Waals surface area (Å²) in [5.41, 5.74) is 2.53. The molecule has 1 heterocycles. The number of nitrogens with one attached hydrogen (secondary N) is 2. The molecule has 126 valence electrons. The third kappa shape index (κ3) is 5.25. The lowest BCUT2D eigenvalue weighted by molar-refractivity contribution is -0.896. The smallest absolute Gasteiger partial charge is 0.274 e. The van der Waals surface area contributed by atoms with Crippen LogP contribution in [0, 0.1) is 13.8 Å². The van der Waals surface area contributed by atoms with Gasteiger partial charge >= 0.3 is 0 Å². The number of nitrogens with zero attached hydrogens (tertiary/aromatic N) is 1. The molecule has 0 saturated carbocycles. The molecule has 1 aliphatic heterocycles. The van der Waals surface area contributed by atoms with Crippen LogP contribution in [0.1, 0.15) is 11.1 Å². The summed E-state index contributed by atoms with van der Waals surface area (Å²) in [6.45, 7) is 7.83. The molecule has 23 heavy (non-hydrogen) atoms. The molecule has 1 saturated heterocycles. The molecule has 2 N–H and O–H groups in total. The van der Waals surface area contributed by atoms with Gasteiger partial charge in [0, 0.05) is 11.9 Å². The largest absolute Gasteiger partial charge is 0.354 e. The summed E-state index contributed by atoms with van der Waals surface area (Å²) in [6, 6.07) is 6.31. The molecule has 2 amide bonds. The van der Waals surface area contributed by atoms with E-state index in [9.17, 15) is 9.59 Å². The average molecular weight is 336 g/mol. The van der Waals surface area contributed by atoms with E-state index in [1.807, 2.05) is 4.90 Å². The summed E-state index contributed by atoms with van der Waals surface area (Å²) < 4.78 is 0. The van der Waals surface area contributed by atoms with Crippen LogP contribution < -0.4 is 10.2 Å². The Morgan fingerprint density at radius 1 is 1.22 bits per heavy atom. The molecule has 1 aromatic rings. The molecule has 0 spiro atoms. The zero-order valence-corrected chi connectivity index (χ0v) is 15.0. The minimum absolute atomic E-state index is 0.0603. The van der Waals surface area contributed by atoms with Crippen LogP contribution in [0.4, 0.5) is 0 Å². The zero-order valence-electron chi connectivity index (χ0n) is 14.1. The van der Waals surface area contributed by atoms with Crippen LogP contribution in [0.2, 0.25) is 0 Å². The van der Waals surface area contributed by atoms with E-state index in [0.717, 1.165) is 31.1 Å². The van der Waals surface area contributed by atoms with Gasteiger partial charge < -0.3 is 15.1 Å². The fourth-order valence-electron chi connectivity index (χ4n) is 2.60. The highest BCUT2D eigenvalue weighted by molar-refractivity contribution is 8.00. The molecule has 1 aromatic carbocycles. The lowest BCUT2D eigenvalue weighted by Crippen LogP contribution is -3.15. The van der Waals surface area contributed by atoms with Crippen molar-refractivity contribution in [2.24, 2.45) is 0 Å². The molecular weight excluding hydrogens is 310 g/mol. The predicted molar refractivity (Wildman–Crippen MR) is 92.9 cm³/mol. The number of hydrogen-bond acceptors (Lipinski definition) is 3. The van der Waals surface area contributed by atoms with Crippen LogP contribution in [0.3, 0.4) is 0 Å². The van der Waals surface area contributed by atoms with Crippen molar-refractivity contribution in [3.05, 3.63) is 29.3 Å². The molecule has 1 aliphatic rings. The zero-order chi connectivity index (χ0) is 16.8. The Kier molecular flexibility index (Phi) is 6.47. The van der Waals surface area contributed by atoms with Crippen LogP contribution in [-0.2, 0) is 9.59 Å². The molecule has 0 aliphatic carbocycles. The Bertz CT molecular complexity index is 569. The summed E-state index contributed by atoms with van der Waals surface area (Å²) in [5.74, 6) is 0.727. The van der Waals surface area contributed by atoms with Crippen LogP contribution in [0.5, 0.6) is 0 Å². The number of rotatable bonds is 5. The molecule has 1 fully saturated rings. The Morgan fingerprint density at radius 3 is 2.52 bits per heavy atom. The van der Waals surface area contributed by atoms with E-state index in [0.29, 0.717) is 12.3 Å². The summed E-state index contributed by atoms with van der Waals surface area (Å²) in [6.07, 6.45) is 0. The highest BCUT2D eigenvalue weighted by Crippen LogP contribution is 2.21. The van der Waals surface area contributed by atoms with E-state index in [2.05, 4.69) is 37.4 Å². The summed E-state index contributed by atoms with van der Waals surface area (Å²) >= 11 is 1.60. The maximum atomic E-state index is 12.3. The van der Waals surface area contributed by atoms with Crippen molar-refractivity contribution in [3.63, 3.8) is 0 Å². The first kappa shape index (κ1) is 17.8. The predicted octanol–water partition coefficient (Wildman–Crippen LogP) is -0.131. The Hall–Kier alpha value is -1.53. The Balaban J connectivity index is 1.76. The number of likely N-dealkylation sites (N-methyl/N-ethyl adjacent to an activating group) is 1. The second kappa shape index (κ2) is 8.36. The second-order valence-electron chi connectivity index (χ2n) is 6.02. The number of benzene rings is 1. The van der Waals surface area contributed by atoms with Crippen molar-refractivity contribution in [2.45, 2.75) is 18.7 Å². The SMILES string of the molecule is CNC(=O)C[NH+]1CCN(C(=O)CSc2ccc(C)c(C)c2)CC1. The molecule has 0 bridgehead atoms. The van der Waals surface area contributed by atoms with Gasteiger partial charge in [-0.1, -0.05) is 6.07 Å². The lowest BCUT2D eigenvalue weighted by atomic mass is 10.1. The third-order valence-electron chi connectivity index (χ3n) is 4.35. The van der Waals surface area contributed by atoms with E-state index >= 15 is 0 Å². The first-order valence-corrected chi connectivity index (χ1v) is 9.00. The number of carbonyl (C=O) groups is 2. The number of hydrogen-bond donors (Lipinski definition) is 2. The van der Waals surface area contributed by atoms with Gasteiger partial charge in [-0.05, 0) is 37.1 Å². The normalized spacial score (nSPS) is 15.5. The maximum absolute atomic E-state index is 12.3. The highest BCUT2D eigenvalue weighted by atomic mass is 32.2. The van der Waals surface area contributed by atoms with Crippen molar-refractivity contribution < 1.29 is 14.5 Å². The van der Waals surface area contributed by atoms with Crippen molar-refractivity contribution in [3.8, 4) is 0 Å². The van der Waals surface area contributed by atoms with Crippen LogP contribution in [0.25, 0.3) is 0 Å². The number of thioether (sulfide) groups is 1. The fourth-order valence-corrected chi connectivity index (χ4v) is 3.50. The topological polar surface area (TPSA) is 53.9 Å². The molecule has 0 radical (unpaired) electrons. The summed E-state index contributed by atoms with van der Waals surface area (Å²) in [5, 5.41) is 2.65. The molecule has 0 aromatic heterocycles. The van der Waals surface area contributed by atoms with Crippen LogP contribution in [0.15, 0.2) is 23.1 Å². The van der Waals surface area contributed by atoms with Gasteiger partial charge in [-0.15, -0.1) is 11.8 Å². The molecular formula is C17H26N3O2S+. The number of aryl methyl sites for hydroxylation is 2. The van der Waals surface area contributed by atoms with Crippen LogP contribution >= 0.6 is 11.8 Å². The second-order valence-corrected chi connectivity index (χ2v) is 7.06. The van der Waals surface area contributed by atoms with Gasteiger partial charge in [-0.2, -0.15) is 0 Å². The van der Waals surface area contributed by atoms with Crippen molar-refractivity contribution in [2.75, 3.05) is 45.5 Å². The monoisotopic (exact) mass is 336 g/mol. The molecule has 6 heteroatoms. The van der Waals surface area contributed by atoms with E-state index in [-0.39, 0.29) is 11.8 Å². The van der Waals surface area contributed by atoms with Crippen molar-refractivity contribution >= 4 is 23.6 Å². The van der Waals surface area contributed by atoms with E-state index in [4.69, 9.17) is 0 Å². The standard InChI is InChI=1S/C17H25N3O2S/c1-13-4-5-15(10-14(13)2)23-12-17(22)20-8-6-19(7-9-20)11-16(21)18-3/h4-5,10H,6-9,11-12H2,1-3H3,(H,18,21)/p+1. The van der Waals surface area contributed by atoms with Gasteiger partial charge in [-0.3, -0.25) is 9.59 Å². The van der Waals surface area contributed by atoms with E-state index in [1.165, 1.54) is 16.0 Å². The summed E-state index contributed by atoms with van der Waals surface area (Å²) in [7, 11) is 1.66. The van der Waals surface area contributed by atoms with Gasteiger partial charge in [0.25, 0.3) is 5.91 Å². The van der Waals surface area contributed by atoms with E-state index < -0.39 is 0 Å². The van der Waals surface area contributed by atoms with Crippen molar-refractivity contribution in [1.29, 1.82) is 0 Å². The average Bonchev–Trinajstić information content (AvgIpc) is 2.56. The number of carbonyl (C=O) groups excluding carboxylic acids is 2. The molecule has 0 atom stereocenters. The fraction of sp³-hybridized carbons (Fsp3) is 0.529. The third-order valence-corrected chi connectivity index (χ3v) is 5.33. The van der Waals surface area contributed by atoms with Crippen molar-refractivity contribution in [1.82, 2.24) is 10.2 Å². The van der Waals surface area contributed by atoms with Gasteiger partial charge in [0.05, 0.1) is 31.9 Å². The van der Waals surface area contributed by atoms with Gasteiger partial charge in [0.15, 0.2) is 6.54 Å². The first-order chi connectivity index (χ1) is 11.0. The quantitative estimate of drug-likeness (QED) is 0.737. The highest BCUT2D eigenvalue weighted by Gasteiger charge is 2.24. The number of piperazine rings is 1. The maximum Gasteiger partial charge on any atom is 0.274 e. The van der Waals surface area contributed by atoms with Crippen LogP contribution in [-0.4, -0.2) is 62.2 Å². The summed E-state index contributed by atoms with van der Waals surface area (Å²) in [4.78, 5) is 28.0. The molecule has 5 nitrogen and oxygen atoms in total. The Morgan fingerprint density at radius 2 is 1.91 bits per heavy atom. The Labute approximate surface area is 142 Å². The number of quaternary nitrogens is 1. The number of amides is 2. The minimum Gasteiger partial charge on any atom is -0.354 e. The van der Waals surface area contributed by atoms with E-state index in [1.54, 1.807) is 18.8 Å². The van der Waals surface area contributed by atoms with Gasteiger partial charge in [0.1, 0.15) is 0 Å². The molecule has 0 unspecified atom stereocenters.